The van der Waals surface area contributed by atoms with Crippen molar-refractivity contribution < 1.29 is 28.5 Å². The Bertz CT molecular complexity index is 1340. The number of benzene rings is 1. The van der Waals surface area contributed by atoms with Gasteiger partial charge < -0.3 is 19.5 Å². The molecule has 2 saturated heterocycles. The first-order valence-corrected chi connectivity index (χ1v) is 14.4. The number of nitrogens with zero attached hydrogens (tertiary/aromatic N) is 3. The molecule has 2 aromatic rings. The number of aromatic nitrogens is 2. The van der Waals surface area contributed by atoms with Crippen molar-refractivity contribution in [2.45, 2.75) is 103 Å². The van der Waals surface area contributed by atoms with Gasteiger partial charge >= 0.3 is 7.12 Å². The normalized spacial score (nSPS) is 21.3. The van der Waals surface area contributed by atoms with E-state index in [0.29, 0.717) is 29.7 Å². The van der Waals surface area contributed by atoms with E-state index >= 15 is 0 Å². The van der Waals surface area contributed by atoms with Crippen LogP contribution in [0.2, 0.25) is 0 Å². The van der Waals surface area contributed by atoms with E-state index in [1.54, 1.807) is 24.4 Å². The number of anilines is 1. The summed E-state index contributed by atoms with van der Waals surface area (Å²) in [6, 6.07) is 4.53. The SMILES string of the molecule is CC1(C)OB(c2cnn(CCCCCCC(=O)Nc3cccc4c3CN(C3CCC(=O)NC3=O)C4=O)c2)OC1(C)C. The van der Waals surface area contributed by atoms with Crippen LogP contribution < -0.4 is 16.1 Å². The van der Waals surface area contributed by atoms with E-state index in [1.165, 1.54) is 4.90 Å². The molecule has 11 nitrogen and oxygen atoms in total. The third-order valence-electron chi connectivity index (χ3n) is 8.58. The highest BCUT2D eigenvalue weighted by Crippen LogP contribution is 2.36. The Labute approximate surface area is 240 Å². The average Bonchev–Trinajstić information content (AvgIpc) is 3.56. The van der Waals surface area contributed by atoms with Gasteiger partial charge in [-0.25, -0.2) is 0 Å². The van der Waals surface area contributed by atoms with Gasteiger partial charge in [-0.1, -0.05) is 18.9 Å². The number of imide groups is 1. The van der Waals surface area contributed by atoms with Gasteiger partial charge in [0.15, 0.2) is 0 Å². The summed E-state index contributed by atoms with van der Waals surface area (Å²) in [5.74, 6) is -1.14. The zero-order valence-corrected chi connectivity index (χ0v) is 24.2. The molecule has 3 aliphatic heterocycles. The molecule has 5 rings (SSSR count). The molecule has 1 atom stereocenters. The maximum Gasteiger partial charge on any atom is 0.498 e. The van der Waals surface area contributed by atoms with Crippen LogP contribution in [-0.4, -0.2) is 62.7 Å². The van der Waals surface area contributed by atoms with Crippen molar-refractivity contribution in [2.24, 2.45) is 0 Å². The molecule has 0 bridgehead atoms. The lowest BCUT2D eigenvalue weighted by Gasteiger charge is -2.32. The Balaban J connectivity index is 1.04. The first-order chi connectivity index (χ1) is 19.4. The number of hydrogen-bond acceptors (Lipinski definition) is 7. The lowest BCUT2D eigenvalue weighted by atomic mass is 9.82. The Kier molecular flexibility index (Phi) is 8.07. The van der Waals surface area contributed by atoms with Crippen molar-refractivity contribution in [1.29, 1.82) is 0 Å². The number of carbonyl (C=O) groups excluding carboxylic acids is 4. The quantitative estimate of drug-likeness (QED) is 0.258. The number of piperidine rings is 1. The number of rotatable bonds is 10. The summed E-state index contributed by atoms with van der Waals surface area (Å²) in [4.78, 5) is 51.0. The van der Waals surface area contributed by atoms with Crippen molar-refractivity contribution in [1.82, 2.24) is 20.0 Å². The van der Waals surface area contributed by atoms with Crippen LogP contribution in [0.4, 0.5) is 5.69 Å². The summed E-state index contributed by atoms with van der Waals surface area (Å²) in [6.45, 7) is 9.12. The fourth-order valence-corrected chi connectivity index (χ4v) is 5.43. The number of nitrogens with one attached hydrogen (secondary N) is 2. The van der Waals surface area contributed by atoms with Crippen LogP contribution in [0.3, 0.4) is 0 Å². The van der Waals surface area contributed by atoms with Gasteiger partial charge in [0.1, 0.15) is 6.04 Å². The van der Waals surface area contributed by atoms with Crippen LogP contribution in [-0.2, 0) is 36.8 Å². The summed E-state index contributed by atoms with van der Waals surface area (Å²) >= 11 is 0. The van der Waals surface area contributed by atoms with Gasteiger partial charge in [0, 0.05) is 60.6 Å². The predicted octanol–water partition coefficient (Wildman–Crippen LogP) is 2.53. The van der Waals surface area contributed by atoms with Gasteiger partial charge in [-0.05, 0) is 59.1 Å². The molecule has 0 spiro atoms. The van der Waals surface area contributed by atoms with Crippen LogP contribution in [0.15, 0.2) is 30.6 Å². The van der Waals surface area contributed by atoms with Crippen LogP contribution in [0.25, 0.3) is 0 Å². The number of carbonyl (C=O) groups is 4. The van der Waals surface area contributed by atoms with Crippen LogP contribution >= 0.6 is 0 Å². The standard InChI is InChI=1S/C29H38BN5O6/c1-28(2)29(3,4)41-30(40-28)19-16-31-34(17-19)15-8-6-5-7-12-24(36)32-22-11-9-10-20-21(22)18-35(27(20)39)23-13-14-25(37)33-26(23)38/h9-11,16-17,23H,5-8,12-15,18H2,1-4H3,(H,32,36)(H,33,37,38). The van der Waals surface area contributed by atoms with E-state index in [0.717, 1.165) is 37.7 Å². The summed E-state index contributed by atoms with van der Waals surface area (Å²) < 4.78 is 14.1. The molecule has 0 radical (unpaired) electrons. The summed E-state index contributed by atoms with van der Waals surface area (Å²) in [5, 5.41) is 9.71. The zero-order chi connectivity index (χ0) is 29.4. The molecule has 4 amide bonds. The van der Waals surface area contributed by atoms with E-state index < -0.39 is 19.1 Å². The lowest BCUT2D eigenvalue weighted by molar-refractivity contribution is -0.137. The molecule has 12 heteroatoms. The van der Waals surface area contributed by atoms with Gasteiger partial charge in [0.2, 0.25) is 17.7 Å². The molecular formula is C29H38BN5O6. The fraction of sp³-hybridized carbons (Fsp3) is 0.552. The van der Waals surface area contributed by atoms with E-state index in [1.807, 2.05) is 38.6 Å². The Morgan fingerprint density at radius 2 is 1.83 bits per heavy atom. The number of aryl methyl sites for hydroxylation is 1. The van der Waals surface area contributed by atoms with Crippen molar-refractivity contribution in [2.75, 3.05) is 5.32 Å². The van der Waals surface area contributed by atoms with E-state index in [9.17, 15) is 19.2 Å². The van der Waals surface area contributed by atoms with Gasteiger partial charge in [-0.2, -0.15) is 5.10 Å². The minimum absolute atomic E-state index is 0.107. The highest BCUT2D eigenvalue weighted by atomic mass is 16.7. The van der Waals surface area contributed by atoms with Crippen LogP contribution in [0.5, 0.6) is 0 Å². The molecule has 2 fully saturated rings. The second-order valence-electron chi connectivity index (χ2n) is 12.1. The molecule has 0 aliphatic carbocycles. The maximum absolute atomic E-state index is 13.0. The van der Waals surface area contributed by atoms with Crippen LogP contribution in [0, 0.1) is 0 Å². The van der Waals surface area contributed by atoms with E-state index in [2.05, 4.69) is 15.7 Å². The smallest absolute Gasteiger partial charge is 0.399 e. The van der Waals surface area contributed by atoms with Crippen molar-refractivity contribution in [3.63, 3.8) is 0 Å². The first kappa shape index (κ1) is 29.0. The van der Waals surface area contributed by atoms with Gasteiger partial charge in [0.05, 0.1) is 11.2 Å². The van der Waals surface area contributed by atoms with Gasteiger partial charge in [-0.15, -0.1) is 0 Å². The second kappa shape index (κ2) is 11.4. The minimum atomic E-state index is -0.687. The Hall–Kier alpha value is -3.51. The Morgan fingerprint density at radius 1 is 1.10 bits per heavy atom. The molecule has 2 N–H and O–H groups in total. The Morgan fingerprint density at radius 3 is 2.56 bits per heavy atom. The third kappa shape index (κ3) is 6.08. The third-order valence-corrected chi connectivity index (χ3v) is 8.58. The maximum atomic E-state index is 13.0. The number of unbranched alkanes of at least 4 members (excludes halogenated alkanes) is 3. The molecule has 218 valence electrons. The molecule has 41 heavy (non-hydrogen) atoms. The van der Waals surface area contributed by atoms with Crippen molar-refractivity contribution in [3.05, 3.63) is 41.7 Å². The molecule has 1 aromatic carbocycles. The van der Waals surface area contributed by atoms with Crippen molar-refractivity contribution in [3.8, 4) is 0 Å². The molecule has 0 saturated carbocycles. The molecule has 1 aromatic heterocycles. The number of fused-ring (bicyclic) bond motifs is 1. The summed E-state index contributed by atoms with van der Waals surface area (Å²) in [7, 11) is -0.420. The largest absolute Gasteiger partial charge is 0.498 e. The summed E-state index contributed by atoms with van der Waals surface area (Å²) in [6.07, 6.45) is 8.21. The average molecular weight is 563 g/mol. The van der Waals surface area contributed by atoms with Crippen LogP contribution in [0.1, 0.15) is 88.6 Å². The van der Waals surface area contributed by atoms with E-state index in [4.69, 9.17) is 9.31 Å². The first-order valence-electron chi connectivity index (χ1n) is 14.4. The van der Waals surface area contributed by atoms with E-state index in [-0.39, 0.29) is 41.9 Å². The molecule has 1 unspecified atom stereocenters. The monoisotopic (exact) mass is 563 g/mol. The predicted molar refractivity (Wildman–Crippen MR) is 152 cm³/mol. The fourth-order valence-electron chi connectivity index (χ4n) is 5.43. The van der Waals surface area contributed by atoms with Crippen molar-refractivity contribution >= 4 is 41.9 Å². The molecular weight excluding hydrogens is 525 g/mol. The highest BCUT2D eigenvalue weighted by molar-refractivity contribution is 6.62. The number of amides is 4. The van der Waals surface area contributed by atoms with Gasteiger partial charge in [-0.3, -0.25) is 29.2 Å². The second-order valence-corrected chi connectivity index (χ2v) is 12.1. The lowest BCUT2D eigenvalue weighted by Crippen LogP contribution is -2.52. The minimum Gasteiger partial charge on any atom is -0.399 e. The topological polar surface area (TPSA) is 132 Å². The molecule has 3 aliphatic rings. The highest BCUT2D eigenvalue weighted by Gasteiger charge is 2.52. The van der Waals surface area contributed by atoms with Gasteiger partial charge in [0.25, 0.3) is 5.91 Å². The number of hydrogen-bond donors (Lipinski definition) is 2. The zero-order valence-electron chi connectivity index (χ0n) is 24.2. The summed E-state index contributed by atoms with van der Waals surface area (Å²) in [5.41, 5.74) is 1.91. The molecule has 4 heterocycles.